The first-order chi connectivity index (χ1) is 26.9. The van der Waals surface area contributed by atoms with Crippen molar-refractivity contribution < 1.29 is 67.3 Å². The molecular weight excluding hydrogens is 754 g/mol. The van der Waals surface area contributed by atoms with E-state index in [0.717, 1.165) is 40.7 Å². The number of benzene rings is 3. The van der Waals surface area contributed by atoms with Gasteiger partial charge in [0.1, 0.15) is 17.6 Å². The molecule has 7 aliphatic rings. The van der Waals surface area contributed by atoms with Gasteiger partial charge in [0.2, 0.25) is 5.72 Å². The van der Waals surface area contributed by atoms with E-state index in [1.54, 1.807) is 18.2 Å². The number of phenols is 1. The molecule has 0 unspecified atom stereocenters. The monoisotopic (exact) mass is 803 g/mol. The van der Waals surface area contributed by atoms with Gasteiger partial charge in [-0.2, -0.15) is 0 Å². The summed E-state index contributed by atoms with van der Waals surface area (Å²) >= 11 is 0. The Morgan fingerprint density at radius 3 is 2.54 bits per heavy atom. The van der Waals surface area contributed by atoms with E-state index in [4.69, 9.17) is 20.9 Å². The molecule has 11 nitrogen and oxygen atoms in total. The van der Waals surface area contributed by atoms with E-state index >= 15 is 0 Å². The fraction of sp³-hybridized carbons (Fsp3) is 0.477. The van der Waals surface area contributed by atoms with Gasteiger partial charge in [-0.25, -0.2) is 13.4 Å². The van der Waals surface area contributed by atoms with E-state index in [0.29, 0.717) is 42.6 Å². The second kappa shape index (κ2) is 16.7. The third kappa shape index (κ3) is 8.15. The van der Waals surface area contributed by atoms with E-state index in [-0.39, 0.29) is 91.0 Å². The van der Waals surface area contributed by atoms with Crippen LogP contribution in [0, 0.1) is 35.5 Å². The number of fused-ring (bicyclic) bond motifs is 9. The van der Waals surface area contributed by atoms with E-state index < -0.39 is 45.1 Å². The Balaban J connectivity index is 0.00000496. The molecule has 5 heterocycles. The summed E-state index contributed by atoms with van der Waals surface area (Å²) in [5.74, 6) is 5.17. The van der Waals surface area contributed by atoms with Crippen LogP contribution >= 0.6 is 0 Å². The molecule has 0 radical (unpaired) electrons. The second-order valence-electron chi connectivity index (χ2n) is 16.4. The van der Waals surface area contributed by atoms with Gasteiger partial charge in [-0.3, -0.25) is 0 Å². The Morgan fingerprint density at radius 2 is 1.82 bits per heavy atom. The number of phenolic OH excluding ortho intramolecular Hbond substituents is 1. The Morgan fingerprint density at radius 1 is 1.05 bits per heavy atom. The molecule has 10 bridgehead atoms. The normalized spacial score (nSPS) is 31.3. The number of aliphatic hydroxyl groups excluding tert-OH is 2. The van der Waals surface area contributed by atoms with Crippen molar-refractivity contribution in [1.82, 2.24) is 0 Å². The number of rotatable bonds is 6. The van der Waals surface area contributed by atoms with Crippen LogP contribution in [0.5, 0.6) is 11.5 Å². The van der Waals surface area contributed by atoms with Gasteiger partial charge in [0.25, 0.3) is 0 Å². The minimum absolute atomic E-state index is 0. The van der Waals surface area contributed by atoms with Gasteiger partial charge in [0.15, 0.2) is 5.96 Å². The van der Waals surface area contributed by atoms with Gasteiger partial charge < -0.3 is 40.8 Å². The Kier molecular flexibility index (Phi) is 12.2. The number of hydrogen-bond donors (Lipinski definition) is 5. The molecule has 0 amide bonds. The summed E-state index contributed by atoms with van der Waals surface area (Å²) in [6.07, 6.45) is 4.75. The van der Waals surface area contributed by atoms with Crippen LogP contribution in [0.25, 0.3) is 0 Å². The van der Waals surface area contributed by atoms with Crippen LogP contribution in [-0.2, 0) is 27.0 Å². The van der Waals surface area contributed by atoms with E-state index in [1.165, 1.54) is 0 Å². The molecule has 0 spiro atoms. The smallest absolute Gasteiger partial charge is 0.748 e. The molecule has 57 heavy (non-hydrogen) atoms. The van der Waals surface area contributed by atoms with Crippen LogP contribution < -0.4 is 45.8 Å². The minimum Gasteiger partial charge on any atom is -0.748 e. The zero-order chi connectivity index (χ0) is 39.4. The summed E-state index contributed by atoms with van der Waals surface area (Å²) < 4.78 is 55.3. The number of aromatic hydroxyl groups is 1. The Hall–Kier alpha value is -3.38. The topological polar surface area (TPSA) is 201 Å². The standard InChI is InChI=1S/C44H51N3O8S.Na/c1-25-6-7-28-20-34-13-15-35(28)37(25)23-40(56(51,52)53)38-21-31-18-30(22-39-29(24-49)5-2-4-27-19-33(50)12-14-36(27)42(31)54-39)41(38)26-8-10-32(11-9-26)44(55-34,16-3-17-48)47-43(45)46;/h8-15,19-21,25,29-30,37-42,48-50H,3,5-7,16-18,22-24H2,1H3,(H4,45,46,47)(H,51,52,53);/q;+1/p-1/t25-,29-,30-,37+,38+,39+,40-,41+,42-,44+;/m1./s1. The quantitative estimate of drug-likeness (QED) is 0.0615. The van der Waals surface area contributed by atoms with Gasteiger partial charge in [-0.05, 0) is 115 Å². The zero-order valence-electron chi connectivity index (χ0n) is 32.5. The van der Waals surface area contributed by atoms with Gasteiger partial charge >= 0.3 is 29.6 Å². The average Bonchev–Trinajstić information content (AvgIpc) is 3.25. The van der Waals surface area contributed by atoms with Crippen LogP contribution in [0.3, 0.4) is 0 Å². The van der Waals surface area contributed by atoms with Crippen molar-refractivity contribution in [3.8, 4) is 23.3 Å². The fourth-order valence-corrected chi connectivity index (χ4v) is 11.4. The molecule has 3 aromatic rings. The third-order valence-corrected chi connectivity index (χ3v) is 14.3. The molecule has 2 aliphatic carbocycles. The maximum Gasteiger partial charge on any atom is 1.00 e. The average molecular weight is 804 g/mol. The number of guanidine groups is 1. The Bertz CT molecular complexity index is 2220. The summed E-state index contributed by atoms with van der Waals surface area (Å²) in [7, 11) is -4.87. The molecule has 0 aromatic heterocycles. The molecule has 5 aliphatic heterocycles. The van der Waals surface area contributed by atoms with Gasteiger partial charge in [0, 0.05) is 48.7 Å². The molecule has 0 saturated carbocycles. The van der Waals surface area contributed by atoms with Crippen molar-refractivity contribution >= 4 is 16.1 Å². The number of nitrogens with two attached hydrogens (primary N) is 2. The summed E-state index contributed by atoms with van der Waals surface area (Å²) in [6, 6.07) is 18.6. The SMILES string of the molecule is C[C@@H]1CCc2cc3ccc2[C@H]1C[C@@H](S(=O)(=O)[O-])[C@@H]1C=C2C[C@H](C[C@@H]4O[C@H]2c2ccc(O)cc2C#CC[C@@H]4CO)[C@@H]1c1ccc(cc1)[C@@](CCCO)(N=C(N)N)O3.[Na+]. The van der Waals surface area contributed by atoms with Crippen molar-refractivity contribution in [2.45, 2.75) is 93.3 Å². The fourth-order valence-electron chi connectivity index (χ4n) is 10.4. The summed E-state index contributed by atoms with van der Waals surface area (Å²) in [6.45, 7) is 1.87. The van der Waals surface area contributed by atoms with E-state index in [2.05, 4.69) is 23.8 Å². The van der Waals surface area contributed by atoms with Crippen LogP contribution in [-0.4, -0.2) is 58.8 Å². The van der Waals surface area contributed by atoms with Gasteiger partial charge in [0.05, 0.1) is 21.5 Å². The molecular formula is C44H50N3NaO8S. The molecule has 296 valence electrons. The first-order valence-electron chi connectivity index (χ1n) is 19.7. The number of aryl methyl sites for hydroxylation is 1. The van der Waals surface area contributed by atoms with E-state index in [1.807, 2.05) is 48.5 Å². The van der Waals surface area contributed by atoms with Crippen LogP contribution in [0.1, 0.15) is 103 Å². The predicted octanol–water partition coefficient (Wildman–Crippen LogP) is 2.20. The largest absolute Gasteiger partial charge is 1.00 e. The van der Waals surface area contributed by atoms with Crippen LogP contribution in [0.15, 0.2) is 77.3 Å². The number of hydrogen-bond acceptors (Lipinski definition) is 9. The van der Waals surface area contributed by atoms with Gasteiger partial charge in [-0.15, -0.1) is 0 Å². The van der Waals surface area contributed by atoms with Gasteiger partial charge in [-0.1, -0.05) is 61.2 Å². The summed E-state index contributed by atoms with van der Waals surface area (Å²) in [4.78, 5) is 4.67. The predicted molar refractivity (Wildman–Crippen MR) is 210 cm³/mol. The second-order valence-corrected chi connectivity index (χ2v) is 18.0. The van der Waals surface area contributed by atoms with Crippen molar-refractivity contribution in [1.29, 1.82) is 0 Å². The molecule has 1 saturated heterocycles. The van der Waals surface area contributed by atoms with Crippen molar-refractivity contribution in [3.05, 3.63) is 106 Å². The molecule has 3 aromatic carbocycles. The third-order valence-electron chi connectivity index (χ3n) is 13.0. The Labute approximate surface area is 357 Å². The number of aliphatic hydroxyl groups is 2. The summed E-state index contributed by atoms with van der Waals surface area (Å²) in [5, 5.41) is 29.8. The maximum absolute atomic E-state index is 13.9. The number of aliphatic imine (C=N–C) groups is 1. The van der Waals surface area contributed by atoms with E-state index in [9.17, 15) is 28.3 Å². The van der Waals surface area contributed by atoms with Crippen LogP contribution in [0.4, 0.5) is 0 Å². The molecule has 10 atom stereocenters. The number of nitrogens with zero attached hydrogens (tertiary/aromatic N) is 1. The molecule has 13 heteroatoms. The molecule has 1 fully saturated rings. The zero-order valence-corrected chi connectivity index (χ0v) is 35.3. The molecule has 7 N–H and O–H groups in total. The number of ether oxygens (including phenoxy) is 2. The molecule has 10 rings (SSSR count). The van der Waals surface area contributed by atoms with Crippen LogP contribution in [0.2, 0.25) is 0 Å². The first-order valence-corrected chi connectivity index (χ1v) is 21.2. The maximum atomic E-state index is 13.9. The summed E-state index contributed by atoms with van der Waals surface area (Å²) in [5.41, 5.74) is 16.5. The number of allylic oxidation sites excluding steroid dienone is 1. The van der Waals surface area contributed by atoms with Crippen molar-refractivity contribution in [3.63, 3.8) is 0 Å². The first kappa shape index (κ1) is 41.8. The van der Waals surface area contributed by atoms with Crippen molar-refractivity contribution in [2.75, 3.05) is 13.2 Å². The van der Waals surface area contributed by atoms with Crippen molar-refractivity contribution in [2.24, 2.45) is 40.1 Å². The minimum atomic E-state index is -4.87.